The average Bonchev–Trinajstić information content (AvgIpc) is 2.71. The number of nitrogens with one attached hydrogen (secondary N) is 2. The largest absolute Gasteiger partial charge is 0.494 e. The van der Waals surface area contributed by atoms with Gasteiger partial charge in [0.25, 0.3) is 5.91 Å². The first-order valence-electron chi connectivity index (χ1n) is 9.71. The molecular formula is C22H26BrN2O3+. The molecule has 0 aliphatic carbocycles. The fourth-order valence-electron chi connectivity index (χ4n) is 3.55. The normalized spacial score (nSPS) is 19.1. The van der Waals surface area contributed by atoms with Crippen LogP contribution in [0.5, 0.6) is 5.75 Å². The van der Waals surface area contributed by atoms with E-state index in [1.807, 2.05) is 55.5 Å². The van der Waals surface area contributed by atoms with Crippen LogP contribution < -0.4 is 15.0 Å². The van der Waals surface area contributed by atoms with Gasteiger partial charge in [0.05, 0.1) is 19.7 Å². The first-order valence-corrected chi connectivity index (χ1v) is 10.5. The highest BCUT2D eigenvalue weighted by Crippen LogP contribution is 2.19. The zero-order valence-electron chi connectivity index (χ0n) is 16.0. The van der Waals surface area contributed by atoms with Crippen molar-refractivity contribution in [3.63, 3.8) is 0 Å². The van der Waals surface area contributed by atoms with E-state index in [-0.39, 0.29) is 17.6 Å². The molecule has 0 saturated carbocycles. The van der Waals surface area contributed by atoms with Crippen LogP contribution in [0.25, 0.3) is 0 Å². The summed E-state index contributed by atoms with van der Waals surface area (Å²) < 4.78 is 6.41. The third-order valence-electron chi connectivity index (χ3n) is 5.05. The number of hydrogen-bond acceptors (Lipinski definition) is 3. The van der Waals surface area contributed by atoms with Crippen molar-refractivity contribution in [1.29, 1.82) is 0 Å². The Kier molecular flexibility index (Phi) is 7.23. The quantitative estimate of drug-likeness (QED) is 0.644. The molecule has 0 bridgehead atoms. The van der Waals surface area contributed by atoms with Crippen molar-refractivity contribution in [3.05, 3.63) is 58.6 Å². The van der Waals surface area contributed by atoms with Gasteiger partial charge in [-0.15, -0.1) is 0 Å². The Hall–Kier alpha value is -2.18. The van der Waals surface area contributed by atoms with Crippen molar-refractivity contribution >= 4 is 33.3 Å². The predicted octanol–water partition coefficient (Wildman–Crippen LogP) is 2.96. The summed E-state index contributed by atoms with van der Waals surface area (Å²) in [6.07, 6.45) is 1.62. The van der Waals surface area contributed by atoms with Gasteiger partial charge in [-0.05, 0) is 55.5 Å². The molecule has 1 saturated heterocycles. The van der Waals surface area contributed by atoms with Crippen LogP contribution in [0.2, 0.25) is 0 Å². The minimum atomic E-state index is 0.00797. The Morgan fingerprint density at radius 3 is 2.32 bits per heavy atom. The van der Waals surface area contributed by atoms with Gasteiger partial charge in [0.1, 0.15) is 5.75 Å². The highest BCUT2D eigenvalue weighted by molar-refractivity contribution is 9.10. The first kappa shape index (κ1) is 20.6. The minimum Gasteiger partial charge on any atom is -0.494 e. The second-order valence-electron chi connectivity index (χ2n) is 7.08. The molecule has 6 heteroatoms. The SMILES string of the molecule is CCOc1ccc(C(=O)C2CC[NH+](CC(=O)Nc3ccc(Br)cc3)CC2)cc1. The smallest absolute Gasteiger partial charge is 0.279 e. The first-order chi connectivity index (χ1) is 13.5. The molecule has 1 aliphatic heterocycles. The maximum absolute atomic E-state index is 12.7. The number of amides is 1. The lowest BCUT2D eigenvalue weighted by Gasteiger charge is -2.28. The molecule has 1 aliphatic rings. The molecule has 0 atom stereocenters. The second kappa shape index (κ2) is 9.85. The molecule has 0 aromatic heterocycles. The van der Waals surface area contributed by atoms with Crippen LogP contribution in [-0.2, 0) is 4.79 Å². The monoisotopic (exact) mass is 445 g/mol. The van der Waals surface area contributed by atoms with E-state index >= 15 is 0 Å². The van der Waals surface area contributed by atoms with Crippen molar-refractivity contribution in [2.45, 2.75) is 19.8 Å². The van der Waals surface area contributed by atoms with Gasteiger partial charge < -0.3 is 15.0 Å². The summed E-state index contributed by atoms with van der Waals surface area (Å²) in [7, 11) is 0. The lowest BCUT2D eigenvalue weighted by atomic mass is 9.89. The highest BCUT2D eigenvalue weighted by Gasteiger charge is 2.29. The Morgan fingerprint density at radius 1 is 1.07 bits per heavy atom. The fraction of sp³-hybridized carbons (Fsp3) is 0.364. The third kappa shape index (κ3) is 5.66. The molecule has 2 N–H and O–H groups in total. The van der Waals surface area contributed by atoms with Crippen molar-refractivity contribution in [2.24, 2.45) is 5.92 Å². The molecule has 5 nitrogen and oxygen atoms in total. The molecule has 2 aromatic rings. The number of Topliss-reactive ketones (excluding diaryl/α,β-unsaturated/α-hetero) is 1. The standard InChI is InChI=1S/C22H25BrN2O3/c1-2-28-20-9-3-16(4-10-20)22(27)17-11-13-25(14-12-17)15-21(26)24-19-7-5-18(23)6-8-19/h3-10,17H,2,11-15H2,1H3,(H,24,26)/p+1. The van der Waals surface area contributed by atoms with Gasteiger partial charge in [-0.1, -0.05) is 15.9 Å². The van der Waals surface area contributed by atoms with Crippen LogP contribution in [0.15, 0.2) is 53.0 Å². The summed E-state index contributed by atoms with van der Waals surface area (Å²) in [6.45, 7) is 4.65. The van der Waals surface area contributed by atoms with Crippen LogP contribution in [-0.4, -0.2) is 37.9 Å². The number of anilines is 1. The molecule has 28 heavy (non-hydrogen) atoms. The number of ketones is 1. The van der Waals surface area contributed by atoms with Gasteiger partial charge in [0.2, 0.25) is 0 Å². The zero-order valence-corrected chi connectivity index (χ0v) is 17.6. The van der Waals surface area contributed by atoms with E-state index in [9.17, 15) is 9.59 Å². The molecule has 0 unspecified atom stereocenters. The molecule has 1 fully saturated rings. The van der Waals surface area contributed by atoms with Gasteiger partial charge in [-0.3, -0.25) is 9.59 Å². The van der Waals surface area contributed by atoms with Crippen molar-refractivity contribution < 1.29 is 19.2 Å². The fourth-order valence-corrected chi connectivity index (χ4v) is 3.81. The highest BCUT2D eigenvalue weighted by atomic mass is 79.9. The van der Waals surface area contributed by atoms with E-state index in [2.05, 4.69) is 21.2 Å². The zero-order chi connectivity index (χ0) is 19.9. The number of likely N-dealkylation sites (tertiary alicyclic amines) is 1. The summed E-state index contributed by atoms with van der Waals surface area (Å²) >= 11 is 3.39. The van der Waals surface area contributed by atoms with E-state index in [0.717, 1.165) is 47.4 Å². The number of piperidine rings is 1. The topological polar surface area (TPSA) is 59.8 Å². The molecule has 1 heterocycles. The molecule has 0 spiro atoms. The van der Waals surface area contributed by atoms with E-state index in [0.29, 0.717) is 13.2 Å². The Labute approximate surface area is 174 Å². The molecule has 148 valence electrons. The van der Waals surface area contributed by atoms with E-state index in [1.54, 1.807) is 0 Å². The number of carbonyl (C=O) groups excluding carboxylic acids is 2. The maximum Gasteiger partial charge on any atom is 0.279 e. The average molecular weight is 446 g/mol. The number of quaternary nitrogens is 1. The maximum atomic E-state index is 12.7. The Balaban J connectivity index is 1.46. The molecule has 3 rings (SSSR count). The van der Waals surface area contributed by atoms with E-state index in [4.69, 9.17) is 4.74 Å². The molecular weight excluding hydrogens is 420 g/mol. The Morgan fingerprint density at radius 2 is 1.71 bits per heavy atom. The van der Waals surface area contributed by atoms with E-state index < -0.39 is 0 Å². The number of hydrogen-bond donors (Lipinski definition) is 2. The summed E-state index contributed by atoms with van der Waals surface area (Å²) in [5.41, 5.74) is 1.54. The van der Waals surface area contributed by atoms with Gasteiger partial charge in [0, 0.05) is 34.5 Å². The van der Waals surface area contributed by atoms with Crippen LogP contribution in [0.4, 0.5) is 5.69 Å². The van der Waals surface area contributed by atoms with Crippen molar-refractivity contribution in [3.8, 4) is 5.75 Å². The van der Waals surface area contributed by atoms with Crippen molar-refractivity contribution in [2.75, 3.05) is 31.6 Å². The van der Waals surface area contributed by atoms with Crippen LogP contribution >= 0.6 is 15.9 Å². The summed E-state index contributed by atoms with van der Waals surface area (Å²) in [5, 5.41) is 2.93. The lowest BCUT2D eigenvalue weighted by Crippen LogP contribution is -3.14. The van der Waals surface area contributed by atoms with Crippen LogP contribution in [0.3, 0.4) is 0 Å². The number of rotatable bonds is 7. The number of ether oxygens (including phenoxy) is 1. The molecule has 0 radical (unpaired) electrons. The molecule has 1 amide bonds. The van der Waals surface area contributed by atoms with Gasteiger partial charge in [0.15, 0.2) is 12.3 Å². The Bertz CT molecular complexity index is 798. The minimum absolute atomic E-state index is 0.00797. The summed E-state index contributed by atoms with van der Waals surface area (Å²) in [5.74, 6) is 1.03. The number of benzene rings is 2. The van der Waals surface area contributed by atoms with E-state index in [1.165, 1.54) is 4.90 Å². The molecule has 2 aromatic carbocycles. The van der Waals surface area contributed by atoms with Crippen LogP contribution in [0.1, 0.15) is 30.1 Å². The van der Waals surface area contributed by atoms with Crippen LogP contribution in [0, 0.1) is 5.92 Å². The lowest BCUT2D eigenvalue weighted by molar-refractivity contribution is -0.897. The predicted molar refractivity (Wildman–Crippen MR) is 113 cm³/mol. The van der Waals surface area contributed by atoms with Gasteiger partial charge in [-0.25, -0.2) is 0 Å². The number of halogens is 1. The second-order valence-corrected chi connectivity index (χ2v) is 7.99. The summed E-state index contributed by atoms with van der Waals surface area (Å²) in [4.78, 5) is 26.2. The third-order valence-corrected chi connectivity index (χ3v) is 5.58. The van der Waals surface area contributed by atoms with Gasteiger partial charge in [-0.2, -0.15) is 0 Å². The van der Waals surface area contributed by atoms with Gasteiger partial charge >= 0.3 is 0 Å². The summed E-state index contributed by atoms with van der Waals surface area (Å²) in [6, 6.07) is 14.9. The number of carbonyl (C=O) groups is 2. The van der Waals surface area contributed by atoms with Crippen molar-refractivity contribution in [1.82, 2.24) is 0 Å².